The number of rotatable bonds is 3. The largest absolute Gasteiger partial charge is 0.506 e. The summed E-state index contributed by atoms with van der Waals surface area (Å²) in [5.41, 5.74) is 6.03. The number of phenolic OH excluding ortho intramolecular Hbond substituents is 1. The van der Waals surface area contributed by atoms with Gasteiger partial charge in [-0.15, -0.1) is 0 Å². The molecule has 0 radical (unpaired) electrons. The second-order valence-corrected chi connectivity index (χ2v) is 2.80. The van der Waals surface area contributed by atoms with E-state index in [1.165, 1.54) is 19.2 Å². The number of nitrogen functional groups attached to an aromatic ring is 1. The highest BCUT2D eigenvalue weighted by Gasteiger charge is 2.09. The maximum absolute atomic E-state index is 10.4. The number of nitrogens with two attached hydrogens (primary N) is 1. The molecule has 0 aliphatic rings. The molecule has 0 saturated carbocycles. The van der Waals surface area contributed by atoms with E-state index in [0.717, 1.165) is 0 Å². The molecule has 0 fully saturated rings. The second kappa shape index (κ2) is 3.87. The summed E-state index contributed by atoms with van der Waals surface area (Å²) < 4.78 is 4.87. The van der Waals surface area contributed by atoms with Crippen LogP contribution in [0.15, 0.2) is 12.1 Å². The molecule has 0 amide bonds. The summed E-state index contributed by atoms with van der Waals surface area (Å²) >= 11 is 0. The molecule has 1 aromatic rings. The van der Waals surface area contributed by atoms with Gasteiger partial charge in [0.2, 0.25) is 0 Å². The number of phenols is 1. The van der Waals surface area contributed by atoms with Gasteiger partial charge in [0, 0.05) is 0 Å². The van der Waals surface area contributed by atoms with Crippen LogP contribution in [0.1, 0.15) is 5.56 Å². The van der Waals surface area contributed by atoms with Crippen LogP contribution >= 0.6 is 0 Å². The Morgan fingerprint density at radius 2 is 2.21 bits per heavy atom. The van der Waals surface area contributed by atoms with Crippen molar-refractivity contribution in [3.05, 3.63) is 17.7 Å². The van der Waals surface area contributed by atoms with E-state index >= 15 is 0 Å². The molecule has 0 aromatic heterocycles. The Morgan fingerprint density at radius 1 is 1.57 bits per heavy atom. The zero-order valence-corrected chi connectivity index (χ0v) is 7.65. The average Bonchev–Trinajstić information content (AvgIpc) is 2.10. The molecule has 0 spiro atoms. The fourth-order valence-corrected chi connectivity index (χ4v) is 1.11. The minimum Gasteiger partial charge on any atom is -0.506 e. The summed E-state index contributed by atoms with van der Waals surface area (Å²) in [4.78, 5) is 10.4. The lowest BCUT2D eigenvalue weighted by molar-refractivity contribution is -0.136. The van der Waals surface area contributed by atoms with Crippen molar-refractivity contribution < 1.29 is 19.7 Å². The molecule has 5 nitrogen and oxygen atoms in total. The van der Waals surface area contributed by atoms with Crippen LogP contribution < -0.4 is 10.5 Å². The Balaban J connectivity index is 3.09. The molecular formula is C9H11NO4. The highest BCUT2D eigenvalue weighted by Crippen LogP contribution is 2.32. The van der Waals surface area contributed by atoms with Crippen LogP contribution in [0.5, 0.6) is 11.5 Å². The number of methoxy groups -OCH3 is 1. The van der Waals surface area contributed by atoms with Crippen molar-refractivity contribution in [2.45, 2.75) is 6.42 Å². The Hall–Kier alpha value is -1.91. The van der Waals surface area contributed by atoms with E-state index in [4.69, 9.17) is 15.6 Å². The number of carboxylic acids is 1. The number of benzene rings is 1. The molecule has 0 heterocycles. The number of hydrogen-bond donors (Lipinski definition) is 3. The van der Waals surface area contributed by atoms with Gasteiger partial charge in [0.25, 0.3) is 0 Å². The molecule has 14 heavy (non-hydrogen) atoms. The average molecular weight is 197 g/mol. The molecule has 0 atom stereocenters. The van der Waals surface area contributed by atoms with Crippen LogP contribution in [-0.4, -0.2) is 23.3 Å². The molecular weight excluding hydrogens is 186 g/mol. The van der Waals surface area contributed by atoms with Gasteiger partial charge in [0.15, 0.2) is 0 Å². The topological polar surface area (TPSA) is 92.8 Å². The van der Waals surface area contributed by atoms with E-state index < -0.39 is 5.97 Å². The van der Waals surface area contributed by atoms with E-state index in [1.54, 1.807) is 0 Å². The first-order valence-electron chi connectivity index (χ1n) is 3.91. The van der Waals surface area contributed by atoms with Crippen molar-refractivity contribution in [1.29, 1.82) is 0 Å². The summed E-state index contributed by atoms with van der Waals surface area (Å²) in [7, 11) is 1.40. The number of carboxylic acid groups (broad SMARTS) is 1. The van der Waals surface area contributed by atoms with Crippen LogP contribution in [0.3, 0.4) is 0 Å². The van der Waals surface area contributed by atoms with Gasteiger partial charge in [-0.05, 0) is 17.7 Å². The number of hydrogen-bond acceptors (Lipinski definition) is 4. The second-order valence-electron chi connectivity index (χ2n) is 2.80. The minimum atomic E-state index is -0.976. The lowest BCUT2D eigenvalue weighted by Crippen LogP contribution is -2.01. The first-order valence-corrected chi connectivity index (χ1v) is 3.91. The SMILES string of the molecule is COc1cc(CC(=O)O)cc(O)c1N. The summed E-state index contributed by atoms with van der Waals surface area (Å²) in [6.07, 6.45) is -0.176. The zero-order valence-electron chi connectivity index (χ0n) is 7.65. The first kappa shape index (κ1) is 10.2. The summed E-state index contributed by atoms with van der Waals surface area (Å²) in [5.74, 6) is -0.863. The highest BCUT2D eigenvalue weighted by molar-refractivity contribution is 5.72. The highest BCUT2D eigenvalue weighted by atomic mass is 16.5. The quantitative estimate of drug-likeness (QED) is 0.487. The van der Waals surface area contributed by atoms with Gasteiger partial charge in [-0.2, -0.15) is 0 Å². The van der Waals surface area contributed by atoms with Crippen molar-refractivity contribution in [2.24, 2.45) is 0 Å². The van der Waals surface area contributed by atoms with Crippen LogP contribution in [0.25, 0.3) is 0 Å². The lowest BCUT2D eigenvalue weighted by Gasteiger charge is -2.08. The van der Waals surface area contributed by atoms with Crippen LogP contribution in [0.2, 0.25) is 0 Å². The number of anilines is 1. The van der Waals surface area contributed by atoms with Crippen molar-refractivity contribution in [3.63, 3.8) is 0 Å². The van der Waals surface area contributed by atoms with Gasteiger partial charge in [-0.1, -0.05) is 0 Å². The Morgan fingerprint density at radius 3 is 2.71 bits per heavy atom. The molecule has 0 bridgehead atoms. The molecule has 1 rings (SSSR count). The number of carbonyl (C=O) groups is 1. The fraction of sp³-hybridized carbons (Fsp3) is 0.222. The normalized spacial score (nSPS) is 9.79. The van der Waals surface area contributed by atoms with Gasteiger partial charge in [0.1, 0.15) is 17.2 Å². The van der Waals surface area contributed by atoms with Crippen LogP contribution in [-0.2, 0) is 11.2 Å². The Labute approximate surface area is 80.7 Å². The van der Waals surface area contributed by atoms with E-state index in [2.05, 4.69) is 0 Å². The smallest absolute Gasteiger partial charge is 0.307 e. The molecule has 0 saturated heterocycles. The van der Waals surface area contributed by atoms with Crippen LogP contribution in [0.4, 0.5) is 5.69 Å². The predicted molar refractivity (Wildman–Crippen MR) is 50.4 cm³/mol. The van der Waals surface area contributed by atoms with Gasteiger partial charge in [0.05, 0.1) is 13.5 Å². The van der Waals surface area contributed by atoms with Crippen molar-refractivity contribution in [1.82, 2.24) is 0 Å². The molecule has 0 unspecified atom stereocenters. The minimum absolute atomic E-state index is 0.113. The first-order chi connectivity index (χ1) is 6.54. The predicted octanol–water partition coefficient (Wildman–Crippen LogP) is 0.610. The molecule has 4 N–H and O–H groups in total. The standard InChI is InChI=1S/C9H11NO4/c1-14-7-3-5(4-8(12)13)2-6(11)9(7)10/h2-3,11H,4,10H2,1H3,(H,12,13). The number of aromatic hydroxyl groups is 1. The van der Waals surface area contributed by atoms with E-state index in [-0.39, 0.29) is 23.6 Å². The van der Waals surface area contributed by atoms with Gasteiger partial charge in [-0.3, -0.25) is 4.79 Å². The maximum Gasteiger partial charge on any atom is 0.307 e. The summed E-state index contributed by atoms with van der Waals surface area (Å²) in [5, 5.41) is 17.9. The molecule has 1 aromatic carbocycles. The van der Waals surface area contributed by atoms with E-state index in [1.807, 2.05) is 0 Å². The van der Waals surface area contributed by atoms with Gasteiger partial charge in [-0.25, -0.2) is 0 Å². The Kier molecular flexibility index (Phi) is 2.81. The number of ether oxygens (including phenoxy) is 1. The van der Waals surface area contributed by atoms with E-state index in [9.17, 15) is 9.90 Å². The van der Waals surface area contributed by atoms with Crippen molar-refractivity contribution >= 4 is 11.7 Å². The van der Waals surface area contributed by atoms with Crippen LogP contribution in [0, 0.1) is 0 Å². The maximum atomic E-state index is 10.4. The monoisotopic (exact) mass is 197 g/mol. The van der Waals surface area contributed by atoms with E-state index in [0.29, 0.717) is 5.56 Å². The van der Waals surface area contributed by atoms with Crippen molar-refractivity contribution in [3.8, 4) is 11.5 Å². The van der Waals surface area contributed by atoms with Crippen molar-refractivity contribution in [2.75, 3.05) is 12.8 Å². The van der Waals surface area contributed by atoms with Gasteiger partial charge < -0.3 is 20.7 Å². The molecule has 0 aliphatic carbocycles. The Bertz CT molecular complexity index is 362. The molecule has 0 aliphatic heterocycles. The summed E-state index contributed by atoms with van der Waals surface area (Å²) in [6.45, 7) is 0. The third kappa shape index (κ3) is 2.07. The number of aliphatic carboxylic acids is 1. The molecule has 5 heteroatoms. The third-order valence-corrected chi connectivity index (χ3v) is 1.76. The summed E-state index contributed by atoms with van der Waals surface area (Å²) in [6, 6.07) is 2.80. The fourth-order valence-electron chi connectivity index (χ4n) is 1.11. The lowest BCUT2D eigenvalue weighted by atomic mass is 10.1. The zero-order chi connectivity index (χ0) is 10.7. The third-order valence-electron chi connectivity index (χ3n) is 1.76. The molecule has 76 valence electrons. The van der Waals surface area contributed by atoms with Gasteiger partial charge >= 0.3 is 5.97 Å².